The number of alkyl carbamates (subject to hydrolysis) is 1. The molecule has 30 heavy (non-hydrogen) atoms. The second-order valence-corrected chi connectivity index (χ2v) is 8.51. The minimum Gasteiger partial charge on any atom is -0.460 e. The Morgan fingerprint density at radius 1 is 1.10 bits per heavy atom. The molecular weight excluding hydrogens is 396 g/mol. The monoisotopic (exact) mass is 424 g/mol. The Balaban J connectivity index is 3.06. The fourth-order valence-electron chi connectivity index (χ4n) is 2.19. The van der Waals surface area contributed by atoms with E-state index in [9.17, 15) is 24.5 Å². The molecule has 1 aromatic rings. The molecule has 0 aliphatic carbocycles. The maximum atomic E-state index is 12.7. The number of carbonyl (C=O) groups is 3. The number of nitro benzene ring substituents is 1. The minimum absolute atomic E-state index is 0.0330. The van der Waals surface area contributed by atoms with Crippen LogP contribution in [0.2, 0.25) is 0 Å². The Kier molecular flexibility index (Phi) is 7.74. The highest BCUT2D eigenvalue weighted by molar-refractivity contribution is 6.00. The first kappa shape index (κ1) is 24.7. The number of nitrogen functional groups attached to an aromatic ring is 1. The Morgan fingerprint density at radius 3 is 2.17 bits per heavy atom. The van der Waals surface area contributed by atoms with E-state index in [-0.39, 0.29) is 17.1 Å². The molecule has 0 fully saturated rings. The maximum absolute atomic E-state index is 12.7. The average Bonchev–Trinajstić information content (AvgIpc) is 2.52. The SMILES string of the molecule is CC(C)(C)OC(=O)CC(NC(=O)OC(C)(C)C)C(=O)Nc1cc([N+](=O)[O-])ccc1N. The number of nitrogens with zero attached hydrogens (tertiary/aromatic N) is 1. The number of hydrogen-bond donors (Lipinski definition) is 3. The van der Waals surface area contributed by atoms with Crippen LogP contribution in [0.5, 0.6) is 0 Å². The predicted octanol–water partition coefficient (Wildman–Crippen LogP) is 2.74. The number of nitrogens with two attached hydrogens (primary N) is 1. The van der Waals surface area contributed by atoms with Gasteiger partial charge in [0.2, 0.25) is 5.91 Å². The van der Waals surface area contributed by atoms with Crippen molar-refractivity contribution in [3.63, 3.8) is 0 Å². The predicted molar refractivity (Wildman–Crippen MR) is 110 cm³/mol. The van der Waals surface area contributed by atoms with Crippen LogP contribution < -0.4 is 16.4 Å². The van der Waals surface area contributed by atoms with Crippen molar-refractivity contribution in [1.82, 2.24) is 5.32 Å². The van der Waals surface area contributed by atoms with Crippen LogP contribution in [-0.2, 0) is 19.1 Å². The van der Waals surface area contributed by atoms with E-state index in [0.29, 0.717) is 0 Å². The van der Waals surface area contributed by atoms with Crippen LogP contribution in [-0.4, -0.2) is 40.1 Å². The van der Waals surface area contributed by atoms with Crippen LogP contribution in [0.3, 0.4) is 0 Å². The van der Waals surface area contributed by atoms with Crippen LogP contribution in [0.25, 0.3) is 0 Å². The van der Waals surface area contributed by atoms with Crippen LogP contribution in [0, 0.1) is 10.1 Å². The molecule has 0 radical (unpaired) electrons. The molecule has 0 aromatic heterocycles. The molecule has 0 saturated heterocycles. The summed E-state index contributed by atoms with van der Waals surface area (Å²) in [6.07, 6.45) is -1.41. The summed E-state index contributed by atoms with van der Waals surface area (Å²) in [7, 11) is 0. The van der Waals surface area contributed by atoms with Crippen LogP contribution >= 0.6 is 0 Å². The molecule has 0 bridgehead atoms. The number of nitrogens with one attached hydrogen (secondary N) is 2. The van der Waals surface area contributed by atoms with Gasteiger partial charge in [-0.1, -0.05) is 0 Å². The highest BCUT2D eigenvalue weighted by atomic mass is 16.6. The standard InChI is InChI=1S/C19H28N4O7/c1-18(2,3)29-15(24)10-14(22-17(26)30-19(4,5)6)16(25)21-13-9-11(23(27)28)7-8-12(13)20/h7-9,14H,10,20H2,1-6H3,(H,21,25)(H,22,26). The van der Waals surface area contributed by atoms with Gasteiger partial charge in [-0.3, -0.25) is 19.7 Å². The summed E-state index contributed by atoms with van der Waals surface area (Å²) in [5.41, 5.74) is 3.89. The average molecular weight is 424 g/mol. The van der Waals surface area contributed by atoms with E-state index in [4.69, 9.17) is 15.2 Å². The zero-order valence-electron chi connectivity index (χ0n) is 17.9. The topological polar surface area (TPSA) is 163 Å². The van der Waals surface area contributed by atoms with Crippen molar-refractivity contribution in [3.8, 4) is 0 Å². The minimum atomic E-state index is -1.37. The van der Waals surface area contributed by atoms with Crippen LogP contribution in [0.1, 0.15) is 48.0 Å². The molecule has 0 aliphatic heterocycles. The van der Waals surface area contributed by atoms with E-state index in [1.807, 2.05) is 0 Å². The third kappa shape index (κ3) is 8.76. The molecule has 0 heterocycles. The molecule has 0 aliphatic rings. The fraction of sp³-hybridized carbons (Fsp3) is 0.526. The number of anilines is 2. The lowest BCUT2D eigenvalue weighted by molar-refractivity contribution is -0.384. The molecule has 1 aromatic carbocycles. The van der Waals surface area contributed by atoms with Gasteiger partial charge in [0.05, 0.1) is 22.7 Å². The van der Waals surface area contributed by atoms with Gasteiger partial charge < -0.3 is 25.8 Å². The third-order valence-corrected chi connectivity index (χ3v) is 3.30. The second kappa shape index (κ2) is 9.42. The van der Waals surface area contributed by atoms with Crippen molar-refractivity contribution in [2.75, 3.05) is 11.1 Å². The highest BCUT2D eigenvalue weighted by Crippen LogP contribution is 2.25. The molecule has 0 spiro atoms. The molecule has 11 heteroatoms. The van der Waals surface area contributed by atoms with Gasteiger partial charge in [-0.25, -0.2) is 4.79 Å². The van der Waals surface area contributed by atoms with E-state index in [0.717, 1.165) is 6.07 Å². The van der Waals surface area contributed by atoms with Gasteiger partial charge >= 0.3 is 12.1 Å². The third-order valence-electron chi connectivity index (χ3n) is 3.30. The number of hydrogen-bond acceptors (Lipinski definition) is 8. The second-order valence-electron chi connectivity index (χ2n) is 8.51. The van der Waals surface area contributed by atoms with E-state index in [1.165, 1.54) is 12.1 Å². The Morgan fingerprint density at radius 2 is 1.67 bits per heavy atom. The zero-order valence-corrected chi connectivity index (χ0v) is 17.9. The molecule has 4 N–H and O–H groups in total. The molecule has 2 amide bonds. The van der Waals surface area contributed by atoms with E-state index in [1.54, 1.807) is 41.5 Å². The Bertz CT molecular complexity index is 795. The van der Waals surface area contributed by atoms with Gasteiger partial charge in [-0.05, 0) is 47.6 Å². The molecule has 166 valence electrons. The lowest BCUT2D eigenvalue weighted by Gasteiger charge is -2.24. The summed E-state index contributed by atoms with van der Waals surface area (Å²) < 4.78 is 10.3. The number of ether oxygens (including phenoxy) is 2. The molecule has 11 nitrogen and oxygen atoms in total. The van der Waals surface area contributed by atoms with Crippen LogP contribution in [0.15, 0.2) is 18.2 Å². The summed E-state index contributed by atoms with van der Waals surface area (Å²) in [5, 5.41) is 15.7. The van der Waals surface area contributed by atoms with E-state index >= 15 is 0 Å². The van der Waals surface area contributed by atoms with Crippen molar-refractivity contribution in [2.45, 2.75) is 65.2 Å². The summed E-state index contributed by atoms with van der Waals surface area (Å²) in [5.74, 6) is -1.55. The Hall–Kier alpha value is -3.37. The quantitative estimate of drug-likeness (QED) is 0.271. The number of benzene rings is 1. The van der Waals surface area contributed by atoms with Crippen molar-refractivity contribution >= 4 is 35.0 Å². The summed E-state index contributed by atoms with van der Waals surface area (Å²) in [6, 6.07) is 2.15. The van der Waals surface area contributed by atoms with Crippen molar-refractivity contribution < 1.29 is 28.8 Å². The molecule has 1 rings (SSSR count). The first-order chi connectivity index (χ1) is 13.6. The number of non-ortho nitro benzene ring substituents is 1. The highest BCUT2D eigenvalue weighted by Gasteiger charge is 2.29. The van der Waals surface area contributed by atoms with Gasteiger partial charge in [0.1, 0.15) is 17.2 Å². The molecule has 1 unspecified atom stereocenters. The fourth-order valence-corrected chi connectivity index (χ4v) is 2.19. The van der Waals surface area contributed by atoms with Gasteiger partial charge in [-0.15, -0.1) is 0 Å². The normalized spacial score (nSPS) is 12.5. The van der Waals surface area contributed by atoms with Gasteiger partial charge in [0.25, 0.3) is 5.69 Å². The molecular formula is C19H28N4O7. The van der Waals surface area contributed by atoms with Crippen molar-refractivity contribution in [3.05, 3.63) is 28.3 Å². The van der Waals surface area contributed by atoms with Crippen molar-refractivity contribution in [2.24, 2.45) is 0 Å². The van der Waals surface area contributed by atoms with Gasteiger partial charge in [0, 0.05) is 12.1 Å². The van der Waals surface area contributed by atoms with E-state index in [2.05, 4.69) is 10.6 Å². The number of nitro groups is 1. The first-order valence-corrected chi connectivity index (χ1v) is 9.13. The van der Waals surface area contributed by atoms with Crippen molar-refractivity contribution in [1.29, 1.82) is 0 Å². The lowest BCUT2D eigenvalue weighted by atomic mass is 10.1. The first-order valence-electron chi connectivity index (χ1n) is 9.13. The number of carbonyl (C=O) groups excluding carboxylic acids is 3. The Labute approximate surface area is 174 Å². The summed E-state index contributed by atoms with van der Waals surface area (Å²) in [4.78, 5) is 47.4. The largest absolute Gasteiger partial charge is 0.460 e. The summed E-state index contributed by atoms with van der Waals surface area (Å²) >= 11 is 0. The van der Waals surface area contributed by atoms with Gasteiger partial charge in [-0.2, -0.15) is 0 Å². The number of esters is 1. The smallest absolute Gasteiger partial charge is 0.408 e. The number of rotatable bonds is 6. The van der Waals surface area contributed by atoms with Gasteiger partial charge in [0.15, 0.2) is 0 Å². The van der Waals surface area contributed by atoms with E-state index < -0.39 is 46.6 Å². The maximum Gasteiger partial charge on any atom is 0.408 e. The lowest BCUT2D eigenvalue weighted by Crippen LogP contribution is -2.47. The molecule has 1 atom stereocenters. The zero-order chi connectivity index (χ0) is 23.3. The number of amides is 2. The molecule has 0 saturated carbocycles. The summed E-state index contributed by atoms with van der Waals surface area (Å²) in [6.45, 7) is 9.89. The van der Waals surface area contributed by atoms with Crippen LogP contribution in [0.4, 0.5) is 21.9 Å².